The Morgan fingerprint density at radius 2 is 1.84 bits per heavy atom. The summed E-state index contributed by atoms with van der Waals surface area (Å²) in [4.78, 5) is 5.06. The van der Waals surface area contributed by atoms with Crippen LogP contribution in [0.3, 0.4) is 0 Å². The molecule has 1 aromatic rings. The number of aliphatic hydroxyl groups is 1. The van der Waals surface area contributed by atoms with E-state index in [1.165, 1.54) is 50.6 Å². The van der Waals surface area contributed by atoms with Gasteiger partial charge in [-0.2, -0.15) is 0 Å². The minimum Gasteiger partial charge on any atom is -0.389 e. The SMILES string of the molecule is OC(COC1CCCCC1)CN1CCC2CC1CN2c1ccccc1. The Bertz CT molecular complexity index is 532. The molecular weight excluding hydrogens is 312 g/mol. The lowest BCUT2D eigenvalue weighted by Gasteiger charge is -2.34. The number of aliphatic hydroxyl groups excluding tert-OH is 1. The first-order valence-corrected chi connectivity index (χ1v) is 10.1. The minimum atomic E-state index is -0.357. The average molecular weight is 344 g/mol. The molecular formula is C21H32N2O2. The normalized spacial score (nSPS) is 29.1. The molecule has 1 saturated carbocycles. The Balaban J connectivity index is 1.26. The van der Waals surface area contributed by atoms with Crippen LogP contribution in [-0.4, -0.2) is 60.5 Å². The number of likely N-dealkylation sites (tertiary alicyclic amines) is 1. The largest absolute Gasteiger partial charge is 0.389 e. The molecule has 2 heterocycles. The van der Waals surface area contributed by atoms with E-state index in [-0.39, 0.29) is 6.10 Å². The number of nitrogens with zero attached hydrogens (tertiary/aromatic N) is 2. The summed E-state index contributed by atoms with van der Waals surface area (Å²) in [6.07, 6.45) is 8.71. The van der Waals surface area contributed by atoms with Gasteiger partial charge in [0.1, 0.15) is 0 Å². The van der Waals surface area contributed by atoms with Gasteiger partial charge in [-0.1, -0.05) is 37.5 Å². The van der Waals surface area contributed by atoms with E-state index in [2.05, 4.69) is 40.1 Å². The fraction of sp³-hybridized carbons (Fsp3) is 0.714. The zero-order chi connectivity index (χ0) is 17.1. The third-order valence-corrected chi connectivity index (χ3v) is 6.27. The lowest BCUT2D eigenvalue weighted by Crippen LogP contribution is -2.45. The van der Waals surface area contributed by atoms with E-state index in [1.54, 1.807) is 0 Å². The monoisotopic (exact) mass is 344 g/mol. The maximum Gasteiger partial charge on any atom is 0.0900 e. The predicted molar refractivity (Wildman–Crippen MR) is 101 cm³/mol. The number of hydrogen-bond acceptors (Lipinski definition) is 4. The van der Waals surface area contributed by atoms with E-state index in [1.807, 2.05) is 0 Å². The molecule has 2 saturated heterocycles. The van der Waals surface area contributed by atoms with Crippen LogP contribution in [0.5, 0.6) is 0 Å². The van der Waals surface area contributed by atoms with Crippen molar-refractivity contribution in [2.45, 2.75) is 69.2 Å². The van der Waals surface area contributed by atoms with Crippen LogP contribution in [0.15, 0.2) is 30.3 Å². The van der Waals surface area contributed by atoms with E-state index in [0.717, 1.165) is 19.6 Å². The van der Waals surface area contributed by atoms with Gasteiger partial charge in [0.25, 0.3) is 0 Å². The Kier molecular flexibility index (Phi) is 5.59. The van der Waals surface area contributed by atoms with Gasteiger partial charge in [-0.15, -0.1) is 0 Å². The molecule has 3 atom stereocenters. The lowest BCUT2D eigenvalue weighted by molar-refractivity contribution is -0.0378. The summed E-state index contributed by atoms with van der Waals surface area (Å²) in [6.45, 7) is 3.44. The molecule has 1 N–H and O–H groups in total. The molecule has 0 radical (unpaired) electrons. The first kappa shape index (κ1) is 17.3. The van der Waals surface area contributed by atoms with Gasteiger partial charge < -0.3 is 14.7 Å². The van der Waals surface area contributed by atoms with Crippen molar-refractivity contribution in [3.05, 3.63) is 30.3 Å². The Hall–Kier alpha value is -1.10. The first-order chi connectivity index (χ1) is 12.3. The third kappa shape index (κ3) is 4.18. The Morgan fingerprint density at radius 1 is 1.04 bits per heavy atom. The molecule has 0 spiro atoms. The van der Waals surface area contributed by atoms with Gasteiger partial charge in [0.2, 0.25) is 0 Å². The predicted octanol–water partition coefficient (Wildman–Crippen LogP) is 3.05. The topological polar surface area (TPSA) is 35.9 Å². The van der Waals surface area contributed by atoms with E-state index >= 15 is 0 Å². The second-order valence-electron chi connectivity index (χ2n) is 8.06. The Morgan fingerprint density at radius 3 is 2.64 bits per heavy atom. The molecule has 2 aliphatic heterocycles. The molecule has 1 aliphatic carbocycles. The standard InChI is InChI=1S/C21H32N2O2/c24-20(16-25-21-9-5-2-6-10-21)15-22-12-11-18-13-19(22)14-23(18)17-7-3-1-4-8-17/h1,3-4,7-8,18-21,24H,2,5-6,9-16H2. The van der Waals surface area contributed by atoms with Crippen LogP contribution in [-0.2, 0) is 4.74 Å². The van der Waals surface area contributed by atoms with E-state index in [0.29, 0.717) is 24.8 Å². The number of rotatable bonds is 6. The molecule has 4 heteroatoms. The molecule has 4 rings (SSSR count). The van der Waals surface area contributed by atoms with E-state index in [9.17, 15) is 5.11 Å². The number of benzene rings is 1. The van der Waals surface area contributed by atoms with Crippen LogP contribution >= 0.6 is 0 Å². The zero-order valence-corrected chi connectivity index (χ0v) is 15.2. The molecule has 4 nitrogen and oxygen atoms in total. The van der Waals surface area contributed by atoms with Gasteiger partial charge in [-0.3, -0.25) is 4.90 Å². The molecule has 3 unspecified atom stereocenters. The fourth-order valence-electron chi connectivity index (χ4n) is 4.91. The number of anilines is 1. The van der Waals surface area contributed by atoms with Gasteiger partial charge >= 0.3 is 0 Å². The summed E-state index contributed by atoms with van der Waals surface area (Å²) in [5.41, 5.74) is 1.35. The molecule has 3 fully saturated rings. The maximum atomic E-state index is 10.5. The van der Waals surface area contributed by atoms with Gasteiger partial charge in [0.15, 0.2) is 0 Å². The van der Waals surface area contributed by atoms with Crippen LogP contribution in [0.25, 0.3) is 0 Å². The van der Waals surface area contributed by atoms with Gasteiger partial charge in [-0.05, 0) is 37.8 Å². The molecule has 2 bridgehead atoms. The van der Waals surface area contributed by atoms with Crippen molar-refractivity contribution in [3.8, 4) is 0 Å². The highest BCUT2D eigenvalue weighted by Gasteiger charge is 2.39. The molecule has 3 aliphatic rings. The summed E-state index contributed by atoms with van der Waals surface area (Å²) in [6, 6.07) is 12.0. The summed E-state index contributed by atoms with van der Waals surface area (Å²) in [5, 5.41) is 10.5. The lowest BCUT2D eigenvalue weighted by atomic mass is 9.98. The second-order valence-corrected chi connectivity index (χ2v) is 8.06. The number of piperidine rings is 1. The summed E-state index contributed by atoms with van der Waals surface area (Å²) >= 11 is 0. The van der Waals surface area contributed by atoms with Crippen molar-refractivity contribution in [2.75, 3.05) is 31.1 Å². The second kappa shape index (κ2) is 8.07. The summed E-state index contributed by atoms with van der Waals surface area (Å²) in [5.74, 6) is 0. The van der Waals surface area contributed by atoms with Gasteiger partial charge in [0, 0.05) is 37.4 Å². The van der Waals surface area contributed by atoms with Crippen molar-refractivity contribution in [2.24, 2.45) is 0 Å². The highest BCUT2D eigenvalue weighted by atomic mass is 16.5. The smallest absolute Gasteiger partial charge is 0.0900 e. The zero-order valence-electron chi connectivity index (χ0n) is 15.2. The fourth-order valence-corrected chi connectivity index (χ4v) is 4.91. The van der Waals surface area contributed by atoms with Crippen molar-refractivity contribution in [3.63, 3.8) is 0 Å². The highest BCUT2D eigenvalue weighted by Crippen LogP contribution is 2.33. The van der Waals surface area contributed by atoms with E-state index < -0.39 is 0 Å². The molecule has 0 aromatic heterocycles. The summed E-state index contributed by atoms with van der Waals surface area (Å²) < 4.78 is 5.97. The van der Waals surface area contributed by atoms with Crippen molar-refractivity contribution in [1.29, 1.82) is 0 Å². The number of para-hydroxylation sites is 1. The van der Waals surface area contributed by atoms with Crippen LogP contribution in [0.1, 0.15) is 44.9 Å². The molecule has 138 valence electrons. The van der Waals surface area contributed by atoms with Crippen LogP contribution in [0.4, 0.5) is 5.69 Å². The Labute approximate surface area is 151 Å². The molecule has 0 amide bonds. The van der Waals surface area contributed by atoms with Crippen molar-refractivity contribution >= 4 is 5.69 Å². The first-order valence-electron chi connectivity index (χ1n) is 10.1. The number of ether oxygens (including phenoxy) is 1. The van der Waals surface area contributed by atoms with Crippen LogP contribution < -0.4 is 4.90 Å². The molecule has 1 aromatic carbocycles. The molecule has 25 heavy (non-hydrogen) atoms. The number of fused-ring (bicyclic) bond motifs is 2. The van der Waals surface area contributed by atoms with Crippen LogP contribution in [0.2, 0.25) is 0 Å². The van der Waals surface area contributed by atoms with Crippen molar-refractivity contribution < 1.29 is 9.84 Å². The van der Waals surface area contributed by atoms with E-state index in [4.69, 9.17) is 4.74 Å². The van der Waals surface area contributed by atoms with Crippen molar-refractivity contribution in [1.82, 2.24) is 4.90 Å². The summed E-state index contributed by atoms with van der Waals surface area (Å²) in [7, 11) is 0. The van der Waals surface area contributed by atoms with Crippen LogP contribution in [0, 0.1) is 0 Å². The number of β-amino-alcohol motifs (C(OH)–C–C–N with tert-alkyl or cyclic N) is 1. The highest BCUT2D eigenvalue weighted by molar-refractivity contribution is 5.49. The quantitative estimate of drug-likeness (QED) is 0.860. The third-order valence-electron chi connectivity index (χ3n) is 6.27. The minimum absolute atomic E-state index is 0.357. The van der Waals surface area contributed by atoms with Gasteiger partial charge in [-0.25, -0.2) is 0 Å². The van der Waals surface area contributed by atoms with Gasteiger partial charge in [0.05, 0.1) is 18.8 Å². The number of hydrogen-bond donors (Lipinski definition) is 1. The average Bonchev–Trinajstić information content (AvgIpc) is 3.02. The maximum absolute atomic E-state index is 10.5.